The first-order chi connectivity index (χ1) is 7.81. The van der Waals surface area contributed by atoms with Crippen LogP contribution in [-0.4, -0.2) is 42.2 Å². The van der Waals surface area contributed by atoms with Gasteiger partial charge in [-0.15, -0.1) is 0 Å². The van der Waals surface area contributed by atoms with Gasteiger partial charge in [-0.05, 0) is 5.56 Å². The minimum absolute atomic E-state index is 0.0771. The molecule has 0 spiro atoms. The summed E-state index contributed by atoms with van der Waals surface area (Å²) in [4.78, 5) is 0. The van der Waals surface area contributed by atoms with E-state index in [1.54, 1.807) is 0 Å². The second-order valence-electron chi connectivity index (χ2n) is 3.87. The van der Waals surface area contributed by atoms with Gasteiger partial charge in [-0.2, -0.15) is 0 Å². The minimum atomic E-state index is -0.829. The van der Waals surface area contributed by atoms with Crippen molar-refractivity contribution in [2.45, 2.75) is 18.3 Å². The molecule has 4 nitrogen and oxygen atoms in total. The van der Waals surface area contributed by atoms with Crippen LogP contribution in [0.3, 0.4) is 0 Å². The fraction of sp³-hybridized carbons (Fsp3) is 0.500. The summed E-state index contributed by atoms with van der Waals surface area (Å²) in [6.45, 7) is 0.526. The van der Waals surface area contributed by atoms with Crippen molar-refractivity contribution in [2.24, 2.45) is 0 Å². The van der Waals surface area contributed by atoms with Gasteiger partial charge in [-0.1, -0.05) is 30.3 Å². The topological polar surface area (TPSA) is 62.2 Å². The summed E-state index contributed by atoms with van der Waals surface area (Å²) in [5, 5.41) is 18.0. The van der Waals surface area contributed by atoms with Crippen LogP contribution in [0.2, 0.25) is 0 Å². The third-order valence-electron chi connectivity index (χ3n) is 2.50. The molecular weight excluding hydrogens is 208 g/mol. The van der Waals surface area contributed by atoms with E-state index in [-0.39, 0.29) is 25.4 Å². The molecule has 1 saturated heterocycles. The third kappa shape index (κ3) is 3.02. The summed E-state index contributed by atoms with van der Waals surface area (Å²) in [5.74, 6) is 0. The molecule has 0 aliphatic carbocycles. The highest BCUT2D eigenvalue weighted by Gasteiger charge is 2.34. The molecule has 2 rings (SSSR count). The Hall–Kier alpha value is -0.940. The summed E-state index contributed by atoms with van der Waals surface area (Å²) in [5.41, 5.74) is 1.04. The lowest BCUT2D eigenvalue weighted by atomic mass is 10.1. The Morgan fingerprint density at radius 3 is 2.62 bits per heavy atom. The van der Waals surface area contributed by atoms with E-state index in [0.717, 1.165) is 5.56 Å². The first kappa shape index (κ1) is 11.5. The molecule has 16 heavy (non-hydrogen) atoms. The molecule has 1 fully saturated rings. The second kappa shape index (κ2) is 5.41. The number of hydrogen-bond donors (Lipinski definition) is 2. The summed E-state index contributed by atoms with van der Waals surface area (Å²) < 4.78 is 10.8. The molecule has 2 N–H and O–H groups in total. The number of benzene rings is 1. The fourth-order valence-electron chi connectivity index (χ4n) is 1.56. The molecule has 3 unspecified atom stereocenters. The molecule has 88 valence electrons. The largest absolute Gasteiger partial charge is 0.394 e. The van der Waals surface area contributed by atoms with E-state index < -0.39 is 6.10 Å². The van der Waals surface area contributed by atoms with Gasteiger partial charge in [0.2, 0.25) is 0 Å². The zero-order valence-corrected chi connectivity index (χ0v) is 8.95. The summed E-state index contributed by atoms with van der Waals surface area (Å²) in [6.07, 6.45) is -0.902. The van der Waals surface area contributed by atoms with E-state index in [1.807, 2.05) is 30.3 Å². The number of hydrogen-bond acceptors (Lipinski definition) is 4. The van der Waals surface area contributed by atoms with Gasteiger partial charge in [0.05, 0.1) is 19.8 Å². The summed E-state index contributed by atoms with van der Waals surface area (Å²) in [6, 6.07) is 9.76. The van der Waals surface area contributed by atoms with Crippen LogP contribution in [0.4, 0.5) is 0 Å². The fourth-order valence-corrected chi connectivity index (χ4v) is 1.56. The van der Waals surface area contributed by atoms with Crippen LogP contribution in [0.1, 0.15) is 11.7 Å². The second-order valence-corrected chi connectivity index (χ2v) is 3.87. The van der Waals surface area contributed by atoms with Crippen molar-refractivity contribution in [1.29, 1.82) is 0 Å². The van der Waals surface area contributed by atoms with Crippen molar-refractivity contribution in [1.82, 2.24) is 0 Å². The Morgan fingerprint density at radius 1 is 1.38 bits per heavy atom. The maximum atomic E-state index is 9.24. The SMILES string of the molecule is OCC(O)COC(c1ccccc1)C1CO1. The maximum Gasteiger partial charge on any atom is 0.111 e. The minimum Gasteiger partial charge on any atom is -0.394 e. The average molecular weight is 224 g/mol. The van der Waals surface area contributed by atoms with Gasteiger partial charge in [0, 0.05) is 0 Å². The van der Waals surface area contributed by atoms with Crippen molar-refractivity contribution in [2.75, 3.05) is 19.8 Å². The molecule has 0 bridgehead atoms. The number of aliphatic hydroxyl groups is 2. The van der Waals surface area contributed by atoms with Crippen LogP contribution in [0.15, 0.2) is 30.3 Å². The summed E-state index contributed by atoms with van der Waals surface area (Å²) in [7, 11) is 0. The third-order valence-corrected chi connectivity index (χ3v) is 2.50. The van der Waals surface area contributed by atoms with Crippen molar-refractivity contribution in [3.8, 4) is 0 Å². The lowest BCUT2D eigenvalue weighted by Crippen LogP contribution is -2.23. The van der Waals surface area contributed by atoms with Gasteiger partial charge in [0.25, 0.3) is 0 Å². The molecule has 4 heteroatoms. The first-order valence-corrected chi connectivity index (χ1v) is 5.38. The van der Waals surface area contributed by atoms with Crippen LogP contribution in [-0.2, 0) is 9.47 Å². The number of epoxide rings is 1. The lowest BCUT2D eigenvalue weighted by molar-refractivity contribution is -0.0383. The Morgan fingerprint density at radius 2 is 2.06 bits per heavy atom. The molecular formula is C12H16O4. The van der Waals surface area contributed by atoms with Crippen molar-refractivity contribution in [3.05, 3.63) is 35.9 Å². The monoisotopic (exact) mass is 224 g/mol. The Kier molecular flexibility index (Phi) is 3.90. The molecule has 1 aliphatic heterocycles. The molecule has 1 aliphatic rings. The molecule has 0 radical (unpaired) electrons. The number of aliphatic hydroxyl groups excluding tert-OH is 2. The Bertz CT molecular complexity index is 310. The molecule has 1 aromatic rings. The average Bonchev–Trinajstić information content (AvgIpc) is 3.15. The molecule has 0 aromatic heterocycles. The molecule has 0 amide bonds. The highest BCUT2D eigenvalue weighted by atomic mass is 16.6. The highest BCUT2D eigenvalue weighted by Crippen LogP contribution is 2.30. The van der Waals surface area contributed by atoms with E-state index >= 15 is 0 Å². The predicted molar refractivity (Wildman–Crippen MR) is 58.0 cm³/mol. The number of rotatable bonds is 6. The molecule has 1 aromatic carbocycles. The van der Waals surface area contributed by atoms with E-state index in [4.69, 9.17) is 14.6 Å². The highest BCUT2D eigenvalue weighted by molar-refractivity contribution is 5.19. The zero-order chi connectivity index (χ0) is 11.4. The zero-order valence-electron chi connectivity index (χ0n) is 8.95. The Labute approximate surface area is 94.4 Å². The quantitative estimate of drug-likeness (QED) is 0.691. The maximum absolute atomic E-state index is 9.24. The standard InChI is InChI=1S/C12H16O4/c13-6-10(14)7-16-12(11-8-15-11)9-4-2-1-3-5-9/h1-5,10-14H,6-8H2. The van der Waals surface area contributed by atoms with Crippen molar-refractivity contribution >= 4 is 0 Å². The molecule has 0 saturated carbocycles. The van der Waals surface area contributed by atoms with Gasteiger partial charge in [-0.3, -0.25) is 0 Å². The van der Waals surface area contributed by atoms with Gasteiger partial charge in [0.1, 0.15) is 18.3 Å². The van der Waals surface area contributed by atoms with E-state index in [0.29, 0.717) is 6.61 Å². The smallest absolute Gasteiger partial charge is 0.111 e. The van der Waals surface area contributed by atoms with Crippen LogP contribution >= 0.6 is 0 Å². The first-order valence-electron chi connectivity index (χ1n) is 5.38. The van der Waals surface area contributed by atoms with E-state index in [2.05, 4.69) is 0 Å². The van der Waals surface area contributed by atoms with Crippen LogP contribution < -0.4 is 0 Å². The van der Waals surface area contributed by atoms with Crippen LogP contribution in [0.5, 0.6) is 0 Å². The van der Waals surface area contributed by atoms with Crippen molar-refractivity contribution < 1.29 is 19.7 Å². The van der Waals surface area contributed by atoms with Gasteiger partial charge in [0.15, 0.2) is 0 Å². The predicted octanol–water partition coefficient (Wildman–Crippen LogP) is 0.496. The van der Waals surface area contributed by atoms with Crippen LogP contribution in [0.25, 0.3) is 0 Å². The summed E-state index contributed by atoms with van der Waals surface area (Å²) >= 11 is 0. The lowest BCUT2D eigenvalue weighted by Gasteiger charge is -2.17. The van der Waals surface area contributed by atoms with Crippen LogP contribution in [0, 0.1) is 0 Å². The van der Waals surface area contributed by atoms with E-state index in [1.165, 1.54) is 0 Å². The molecule has 3 atom stereocenters. The Balaban J connectivity index is 1.95. The number of ether oxygens (including phenoxy) is 2. The van der Waals surface area contributed by atoms with E-state index in [9.17, 15) is 5.11 Å². The van der Waals surface area contributed by atoms with Gasteiger partial charge in [-0.25, -0.2) is 0 Å². The van der Waals surface area contributed by atoms with Gasteiger partial charge >= 0.3 is 0 Å². The van der Waals surface area contributed by atoms with Gasteiger partial charge < -0.3 is 19.7 Å². The molecule has 1 heterocycles. The van der Waals surface area contributed by atoms with Crippen molar-refractivity contribution in [3.63, 3.8) is 0 Å². The normalized spacial score (nSPS) is 22.8.